The molecule has 2 nitrogen and oxygen atoms in total. The smallest absolute Gasteiger partial charge is 0.0386 e. The molecule has 0 saturated carbocycles. The van der Waals surface area contributed by atoms with E-state index in [1.807, 2.05) is 11.3 Å². The topological polar surface area (TPSA) is 15.3 Å². The minimum absolute atomic E-state index is 0.481. The molecular formula is C12H22N2S. The zero-order valence-electron chi connectivity index (χ0n) is 10.2. The summed E-state index contributed by atoms with van der Waals surface area (Å²) in [5.74, 6) is 0. The van der Waals surface area contributed by atoms with Gasteiger partial charge in [0.2, 0.25) is 0 Å². The third-order valence-electron chi connectivity index (χ3n) is 2.67. The Bertz CT molecular complexity index is 283. The SMILES string of the molecule is CCN(C)CCNC(C)c1ccc(C)s1. The summed E-state index contributed by atoms with van der Waals surface area (Å²) in [6, 6.07) is 4.89. The Morgan fingerprint density at radius 2 is 2.20 bits per heavy atom. The van der Waals surface area contributed by atoms with Gasteiger partial charge < -0.3 is 10.2 Å². The fourth-order valence-electron chi connectivity index (χ4n) is 1.42. The van der Waals surface area contributed by atoms with Crippen LogP contribution < -0.4 is 5.32 Å². The quantitative estimate of drug-likeness (QED) is 0.802. The van der Waals surface area contributed by atoms with E-state index in [1.54, 1.807) is 0 Å². The zero-order valence-corrected chi connectivity index (χ0v) is 11.0. The Hall–Kier alpha value is -0.380. The van der Waals surface area contributed by atoms with E-state index in [0.29, 0.717) is 6.04 Å². The number of rotatable bonds is 6. The van der Waals surface area contributed by atoms with Crippen LogP contribution in [0.4, 0.5) is 0 Å². The lowest BCUT2D eigenvalue weighted by atomic mass is 10.2. The van der Waals surface area contributed by atoms with Crippen LogP contribution in [0.3, 0.4) is 0 Å². The second-order valence-corrected chi connectivity index (χ2v) is 5.34. The highest BCUT2D eigenvalue weighted by molar-refractivity contribution is 7.12. The van der Waals surface area contributed by atoms with Gasteiger partial charge in [-0.15, -0.1) is 11.3 Å². The van der Waals surface area contributed by atoms with Gasteiger partial charge in [0.1, 0.15) is 0 Å². The van der Waals surface area contributed by atoms with Gasteiger partial charge in [0.05, 0.1) is 0 Å². The van der Waals surface area contributed by atoms with Crippen LogP contribution in [0.25, 0.3) is 0 Å². The Morgan fingerprint density at radius 3 is 2.73 bits per heavy atom. The average Bonchev–Trinajstić information content (AvgIpc) is 2.64. The van der Waals surface area contributed by atoms with Gasteiger partial charge in [-0.1, -0.05) is 6.92 Å². The summed E-state index contributed by atoms with van der Waals surface area (Å²) in [7, 11) is 2.15. The maximum Gasteiger partial charge on any atom is 0.0386 e. The number of thiophene rings is 1. The summed E-state index contributed by atoms with van der Waals surface area (Å²) in [6.45, 7) is 9.87. The lowest BCUT2D eigenvalue weighted by molar-refractivity contribution is 0.343. The molecule has 1 rings (SSSR count). The first-order chi connectivity index (χ1) is 7.13. The van der Waals surface area contributed by atoms with Crippen LogP contribution in [0.15, 0.2) is 12.1 Å². The van der Waals surface area contributed by atoms with Gasteiger partial charge in [-0.3, -0.25) is 0 Å². The van der Waals surface area contributed by atoms with Crippen LogP contribution in [-0.2, 0) is 0 Å². The van der Waals surface area contributed by atoms with E-state index in [1.165, 1.54) is 9.75 Å². The van der Waals surface area contributed by atoms with Crippen LogP contribution in [0, 0.1) is 6.92 Å². The Morgan fingerprint density at radius 1 is 1.47 bits per heavy atom. The van der Waals surface area contributed by atoms with Crippen molar-refractivity contribution in [1.82, 2.24) is 10.2 Å². The number of nitrogens with zero attached hydrogens (tertiary/aromatic N) is 1. The van der Waals surface area contributed by atoms with E-state index in [9.17, 15) is 0 Å². The predicted molar refractivity (Wildman–Crippen MR) is 68.6 cm³/mol. The fourth-order valence-corrected chi connectivity index (χ4v) is 2.32. The van der Waals surface area contributed by atoms with E-state index in [0.717, 1.165) is 19.6 Å². The molecule has 0 amide bonds. The summed E-state index contributed by atoms with van der Waals surface area (Å²) in [5.41, 5.74) is 0. The van der Waals surface area contributed by atoms with Gasteiger partial charge in [-0.2, -0.15) is 0 Å². The molecule has 0 saturated heterocycles. The molecule has 1 N–H and O–H groups in total. The van der Waals surface area contributed by atoms with E-state index in [4.69, 9.17) is 0 Å². The first-order valence-corrected chi connectivity index (χ1v) is 6.43. The van der Waals surface area contributed by atoms with Gasteiger partial charge in [0, 0.05) is 28.9 Å². The Labute approximate surface area is 97.3 Å². The number of hydrogen-bond acceptors (Lipinski definition) is 3. The molecule has 1 aromatic heterocycles. The third kappa shape index (κ3) is 4.33. The van der Waals surface area contributed by atoms with Crippen LogP contribution in [0.2, 0.25) is 0 Å². The lowest BCUT2D eigenvalue weighted by Crippen LogP contribution is -2.30. The lowest BCUT2D eigenvalue weighted by Gasteiger charge is -2.17. The zero-order chi connectivity index (χ0) is 11.3. The molecule has 0 radical (unpaired) electrons. The number of nitrogens with one attached hydrogen (secondary N) is 1. The predicted octanol–water partition coefficient (Wildman–Crippen LogP) is 2.66. The van der Waals surface area contributed by atoms with Crippen molar-refractivity contribution in [3.8, 4) is 0 Å². The molecule has 1 aromatic rings. The molecule has 0 aliphatic rings. The van der Waals surface area contributed by atoms with Crippen molar-refractivity contribution < 1.29 is 0 Å². The van der Waals surface area contributed by atoms with E-state index < -0.39 is 0 Å². The highest BCUT2D eigenvalue weighted by Crippen LogP contribution is 2.21. The van der Waals surface area contributed by atoms with E-state index >= 15 is 0 Å². The Balaban J connectivity index is 2.27. The van der Waals surface area contributed by atoms with Gasteiger partial charge in [-0.25, -0.2) is 0 Å². The highest BCUT2D eigenvalue weighted by Gasteiger charge is 2.06. The van der Waals surface area contributed by atoms with Gasteiger partial charge >= 0.3 is 0 Å². The van der Waals surface area contributed by atoms with E-state index in [-0.39, 0.29) is 0 Å². The third-order valence-corrected chi connectivity index (χ3v) is 3.86. The molecule has 3 heteroatoms. The number of likely N-dealkylation sites (N-methyl/N-ethyl adjacent to an activating group) is 1. The number of hydrogen-bond donors (Lipinski definition) is 1. The molecular weight excluding hydrogens is 204 g/mol. The molecule has 1 heterocycles. The minimum Gasteiger partial charge on any atom is -0.308 e. The summed E-state index contributed by atoms with van der Waals surface area (Å²) in [6.07, 6.45) is 0. The second kappa shape index (κ2) is 6.26. The van der Waals surface area contributed by atoms with Crippen molar-refractivity contribution in [2.75, 3.05) is 26.7 Å². The Kier molecular flexibility index (Phi) is 5.29. The minimum atomic E-state index is 0.481. The second-order valence-electron chi connectivity index (χ2n) is 4.02. The molecule has 0 bridgehead atoms. The molecule has 1 atom stereocenters. The monoisotopic (exact) mass is 226 g/mol. The highest BCUT2D eigenvalue weighted by atomic mass is 32.1. The van der Waals surface area contributed by atoms with Gasteiger partial charge in [-0.05, 0) is 39.6 Å². The molecule has 15 heavy (non-hydrogen) atoms. The summed E-state index contributed by atoms with van der Waals surface area (Å²) >= 11 is 1.88. The van der Waals surface area contributed by atoms with Gasteiger partial charge in [0.15, 0.2) is 0 Å². The van der Waals surface area contributed by atoms with Crippen molar-refractivity contribution in [3.63, 3.8) is 0 Å². The summed E-state index contributed by atoms with van der Waals surface area (Å²) in [4.78, 5) is 5.15. The maximum absolute atomic E-state index is 3.55. The average molecular weight is 226 g/mol. The molecule has 86 valence electrons. The van der Waals surface area contributed by atoms with Crippen molar-refractivity contribution in [3.05, 3.63) is 21.9 Å². The van der Waals surface area contributed by atoms with Crippen molar-refractivity contribution in [1.29, 1.82) is 0 Å². The molecule has 0 aromatic carbocycles. The molecule has 0 aliphatic carbocycles. The largest absolute Gasteiger partial charge is 0.308 e. The first-order valence-electron chi connectivity index (χ1n) is 5.61. The first kappa shape index (κ1) is 12.7. The van der Waals surface area contributed by atoms with Crippen molar-refractivity contribution in [2.45, 2.75) is 26.8 Å². The van der Waals surface area contributed by atoms with Crippen LogP contribution in [0.1, 0.15) is 29.6 Å². The molecule has 0 spiro atoms. The van der Waals surface area contributed by atoms with Crippen LogP contribution in [0.5, 0.6) is 0 Å². The van der Waals surface area contributed by atoms with Crippen LogP contribution >= 0.6 is 11.3 Å². The maximum atomic E-state index is 3.55. The standard InChI is InChI=1S/C12H22N2S/c1-5-14(4)9-8-13-11(3)12-7-6-10(2)15-12/h6-7,11,13H,5,8-9H2,1-4H3. The summed E-state index contributed by atoms with van der Waals surface area (Å²) in [5, 5.41) is 3.55. The van der Waals surface area contributed by atoms with E-state index in [2.05, 4.69) is 50.2 Å². The van der Waals surface area contributed by atoms with Crippen LogP contribution in [-0.4, -0.2) is 31.6 Å². The normalized spacial score (nSPS) is 13.4. The molecule has 1 unspecified atom stereocenters. The number of aryl methyl sites for hydroxylation is 1. The van der Waals surface area contributed by atoms with Crippen molar-refractivity contribution in [2.24, 2.45) is 0 Å². The fraction of sp³-hybridized carbons (Fsp3) is 0.667. The molecule has 0 aliphatic heterocycles. The van der Waals surface area contributed by atoms with Crippen molar-refractivity contribution >= 4 is 11.3 Å². The molecule has 0 fully saturated rings. The van der Waals surface area contributed by atoms with Gasteiger partial charge in [0.25, 0.3) is 0 Å². The summed E-state index contributed by atoms with van der Waals surface area (Å²) < 4.78 is 0.